The summed E-state index contributed by atoms with van der Waals surface area (Å²) in [6.07, 6.45) is 2.12. The number of rotatable bonds is 0. The van der Waals surface area contributed by atoms with Crippen molar-refractivity contribution in [1.82, 2.24) is 0 Å². The van der Waals surface area contributed by atoms with E-state index in [9.17, 15) is 8.78 Å². The van der Waals surface area contributed by atoms with Crippen molar-refractivity contribution >= 4 is 12.4 Å². The molecule has 1 unspecified atom stereocenters. The van der Waals surface area contributed by atoms with Gasteiger partial charge in [-0.2, -0.15) is 0 Å². The first kappa shape index (κ1) is 9.20. The maximum absolute atomic E-state index is 12.8. The zero-order chi connectivity index (χ0) is 7.41. The standard InChI is InChI=1S/C7H11F2N.ClH/c8-7(9)4-5(10)6(7)2-1-3-6;/h5H,1-4,10H2;1H. The fourth-order valence-corrected chi connectivity index (χ4v) is 2.11. The van der Waals surface area contributed by atoms with Gasteiger partial charge in [-0.25, -0.2) is 8.78 Å². The van der Waals surface area contributed by atoms with Crippen molar-refractivity contribution in [3.8, 4) is 0 Å². The first-order chi connectivity index (χ1) is 4.58. The van der Waals surface area contributed by atoms with Gasteiger partial charge in [-0.1, -0.05) is 6.42 Å². The van der Waals surface area contributed by atoms with Crippen molar-refractivity contribution in [1.29, 1.82) is 0 Å². The van der Waals surface area contributed by atoms with E-state index >= 15 is 0 Å². The minimum atomic E-state index is -2.44. The minimum Gasteiger partial charge on any atom is -0.327 e. The molecule has 0 aromatic rings. The summed E-state index contributed by atoms with van der Waals surface area (Å²) in [6.45, 7) is 0. The number of hydrogen-bond acceptors (Lipinski definition) is 1. The number of hydrogen-bond donors (Lipinski definition) is 1. The second-order valence-electron chi connectivity index (χ2n) is 3.52. The summed E-state index contributed by atoms with van der Waals surface area (Å²) < 4.78 is 25.6. The predicted molar refractivity (Wildman–Crippen MR) is 41.1 cm³/mol. The third-order valence-electron chi connectivity index (χ3n) is 3.16. The van der Waals surface area contributed by atoms with Crippen LogP contribution in [0.15, 0.2) is 0 Å². The summed E-state index contributed by atoms with van der Waals surface area (Å²) in [6, 6.07) is -0.226. The molecule has 0 aliphatic heterocycles. The van der Waals surface area contributed by atoms with E-state index in [1.807, 2.05) is 0 Å². The van der Waals surface area contributed by atoms with Crippen LogP contribution >= 0.6 is 12.4 Å². The Kier molecular flexibility index (Phi) is 1.92. The smallest absolute Gasteiger partial charge is 0.256 e. The van der Waals surface area contributed by atoms with Gasteiger partial charge in [-0.15, -0.1) is 12.4 Å². The van der Waals surface area contributed by atoms with E-state index in [1.54, 1.807) is 0 Å². The molecular weight excluding hydrogens is 172 g/mol. The van der Waals surface area contributed by atoms with Crippen LogP contribution in [0.4, 0.5) is 8.78 Å². The molecule has 2 aliphatic rings. The number of nitrogens with two attached hydrogens (primary N) is 1. The normalized spacial score (nSPS) is 36.8. The van der Waals surface area contributed by atoms with Crippen molar-refractivity contribution in [2.45, 2.75) is 37.6 Å². The van der Waals surface area contributed by atoms with Crippen LogP contribution in [0, 0.1) is 5.41 Å². The Bertz CT molecular complexity index is 168. The van der Waals surface area contributed by atoms with Gasteiger partial charge in [0.05, 0.1) is 0 Å². The highest BCUT2D eigenvalue weighted by Gasteiger charge is 2.68. The molecule has 1 nitrogen and oxygen atoms in total. The largest absolute Gasteiger partial charge is 0.327 e. The molecule has 2 rings (SSSR count). The van der Waals surface area contributed by atoms with E-state index in [4.69, 9.17) is 5.73 Å². The van der Waals surface area contributed by atoms with Gasteiger partial charge in [0.15, 0.2) is 0 Å². The zero-order valence-electron chi connectivity index (χ0n) is 6.15. The van der Waals surface area contributed by atoms with Crippen molar-refractivity contribution in [2.75, 3.05) is 0 Å². The number of halogens is 3. The SMILES string of the molecule is Cl.NC1CC(F)(F)C12CCC2. The maximum atomic E-state index is 12.8. The van der Waals surface area contributed by atoms with Crippen molar-refractivity contribution in [3.63, 3.8) is 0 Å². The lowest BCUT2D eigenvalue weighted by atomic mass is 9.50. The third-order valence-corrected chi connectivity index (χ3v) is 3.16. The molecule has 1 spiro atoms. The van der Waals surface area contributed by atoms with Crippen LogP contribution in [0.2, 0.25) is 0 Å². The summed E-state index contributed by atoms with van der Waals surface area (Å²) in [5.74, 6) is -2.44. The second kappa shape index (κ2) is 2.30. The van der Waals surface area contributed by atoms with Crippen LogP contribution in [0.5, 0.6) is 0 Å². The van der Waals surface area contributed by atoms with Gasteiger partial charge in [-0.3, -0.25) is 0 Å². The van der Waals surface area contributed by atoms with E-state index in [2.05, 4.69) is 0 Å². The first-order valence-electron chi connectivity index (χ1n) is 3.72. The minimum absolute atomic E-state index is 0. The van der Waals surface area contributed by atoms with Gasteiger partial charge in [-0.05, 0) is 12.8 Å². The van der Waals surface area contributed by atoms with Gasteiger partial charge in [0, 0.05) is 17.9 Å². The van der Waals surface area contributed by atoms with Crippen molar-refractivity contribution in [2.24, 2.45) is 11.1 Å². The molecule has 1 atom stereocenters. The highest BCUT2D eigenvalue weighted by molar-refractivity contribution is 5.85. The summed E-state index contributed by atoms with van der Waals surface area (Å²) in [5, 5.41) is 0. The predicted octanol–water partition coefficient (Wildman–Crippen LogP) is 1.94. The topological polar surface area (TPSA) is 26.0 Å². The lowest BCUT2D eigenvalue weighted by Crippen LogP contribution is -2.68. The molecule has 0 aromatic heterocycles. The molecule has 0 amide bonds. The van der Waals surface area contributed by atoms with Crippen LogP contribution in [0.25, 0.3) is 0 Å². The van der Waals surface area contributed by atoms with E-state index in [0.29, 0.717) is 12.8 Å². The zero-order valence-corrected chi connectivity index (χ0v) is 6.96. The average Bonchev–Trinajstić information content (AvgIpc) is 1.55. The van der Waals surface area contributed by atoms with Crippen LogP contribution in [-0.2, 0) is 0 Å². The molecule has 0 radical (unpaired) electrons. The van der Waals surface area contributed by atoms with E-state index in [-0.39, 0.29) is 24.9 Å². The fourth-order valence-electron chi connectivity index (χ4n) is 2.11. The molecule has 0 aromatic carbocycles. The van der Waals surface area contributed by atoms with Gasteiger partial charge in [0.25, 0.3) is 5.92 Å². The fraction of sp³-hybridized carbons (Fsp3) is 1.00. The van der Waals surface area contributed by atoms with E-state index in [1.165, 1.54) is 0 Å². The quantitative estimate of drug-likeness (QED) is 0.611. The highest BCUT2D eigenvalue weighted by atomic mass is 35.5. The maximum Gasteiger partial charge on any atom is 0.256 e. The van der Waals surface area contributed by atoms with Gasteiger partial charge < -0.3 is 5.73 Å². The molecule has 4 heteroatoms. The first-order valence-corrected chi connectivity index (χ1v) is 3.72. The van der Waals surface area contributed by atoms with Crippen LogP contribution < -0.4 is 5.73 Å². The third kappa shape index (κ3) is 0.842. The van der Waals surface area contributed by atoms with E-state index < -0.39 is 11.3 Å². The van der Waals surface area contributed by atoms with Crippen LogP contribution in [0.3, 0.4) is 0 Å². The molecule has 66 valence electrons. The summed E-state index contributed by atoms with van der Waals surface area (Å²) in [5.41, 5.74) is 4.76. The van der Waals surface area contributed by atoms with Gasteiger partial charge in [0.2, 0.25) is 0 Å². The Balaban J connectivity index is 0.000000605. The Morgan fingerprint density at radius 2 is 1.82 bits per heavy atom. The molecule has 0 saturated heterocycles. The average molecular weight is 184 g/mol. The molecule has 2 saturated carbocycles. The summed E-state index contributed by atoms with van der Waals surface area (Å²) >= 11 is 0. The molecule has 0 heterocycles. The van der Waals surface area contributed by atoms with Gasteiger partial charge >= 0.3 is 0 Å². The highest BCUT2D eigenvalue weighted by Crippen LogP contribution is 2.63. The van der Waals surface area contributed by atoms with Gasteiger partial charge in [0.1, 0.15) is 0 Å². The second-order valence-corrected chi connectivity index (χ2v) is 3.52. The Morgan fingerprint density at radius 1 is 1.27 bits per heavy atom. The van der Waals surface area contributed by atoms with Crippen LogP contribution in [0.1, 0.15) is 25.7 Å². The summed E-state index contributed by atoms with van der Waals surface area (Å²) in [7, 11) is 0. The molecule has 2 N–H and O–H groups in total. The molecular formula is C7H12ClF2N. The van der Waals surface area contributed by atoms with E-state index in [0.717, 1.165) is 6.42 Å². The summed E-state index contributed by atoms with van der Waals surface area (Å²) in [4.78, 5) is 0. The Hall–Kier alpha value is 0.110. The Labute approximate surface area is 70.7 Å². The number of alkyl halides is 2. The monoisotopic (exact) mass is 183 g/mol. The molecule has 2 aliphatic carbocycles. The molecule has 0 bridgehead atoms. The Morgan fingerprint density at radius 3 is 1.91 bits per heavy atom. The lowest BCUT2D eigenvalue weighted by Gasteiger charge is -2.59. The van der Waals surface area contributed by atoms with Crippen molar-refractivity contribution < 1.29 is 8.78 Å². The molecule has 2 fully saturated rings. The lowest BCUT2D eigenvalue weighted by molar-refractivity contribution is -0.249. The molecule has 11 heavy (non-hydrogen) atoms. The van der Waals surface area contributed by atoms with Crippen molar-refractivity contribution in [3.05, 3.63) is 0 Å². The van der Waals surface area contributed by atoms with Crippen LogP contribution in [-0.4, -0.2) is 12.0 Å².